The quantitative estimate of drug-likeness (QED) is 0.759. The van der Waals surface area contributed by atoms with Crippen LogP contribution in [0.15, 0.2) is 24.3 Å². The molecule has 0 radical (unpaired) electrons. The first-order valence-electron chi connectivity index (χ1n) is 7.87. The predicted molar refractivity (Wildman–Crippen MR) is 102 cm³/mol. The van der Waals surface area contributed by atoms with Gasteiger partial charge >= 0.3 is 0 Å². The summed E-state index contributed by atoms with van der Waals surface area (Å²) >= 11 is 5.56. The highest BCUT2D eigenvalue weighted by Crippen LogP contribution is 2.21. The number of nitrogens with zero attached hydrogens (tertiary/aromatic N) is 2. The lowest BCUT2D eigenvalue weighted by Gasteiger charge is -2.32. The largest absolute Gasteiger partial charge is 0.497 e. The van der Waals surface area contributed by atoms with Gasteiger partial charge in [-0.25, -0.2) is 8.42 Å². The van der Waals surface area contributed by atoms with Crippen LogP contribution in [-0.2, 0) is 9.84 Å². The Morgan fingerprint density at radius 3 is 2.71 bits per heavy atom. The van der Waals surface area contributed by atoms with Crippen LogP contribution in [0, 0.1) is 0 Å². The fraction of sp³-hybridized carbons (Fsp3) is 0.562. The van der Waals surface area contributed by atoms with Crippen LogP contribution in [0.25, 0.3) is 0 Å². The van der Waals surface area contributed by atoms with Gasteiger partial charge in [-0.3, -0.25) is 0 Å². The first-order chi connectivity index (χ1) is 11.3. The molecule has 1 fully saturated rings. The van der Waals surface area contributed by atoms with E-state index >= 15 is 0 Å². The van der Waals surface area contributed by atoms with E-state index in [-0.39, 0.29) is 17.5 Å². The van der Waals surface area contributed by atoms with Crippen molar-refractivity contribution in [2.24, 2.45) is 0 Å². The zero-order valence-corrected chi connectivity index (χ0v) is 16.0. The first-order valence-corrected chi connectivity index (χ1v) is 10.1. The third-order valence-electron chi connectivity index (χ3n) is 4.02. The molecule has 2 rings (SSSR count). The molecule has 0 bridgehead atoms. The number of methoxy groups -OCH3 is 1. The van der Waals surface area contributed by atoms with Gasteiger partial charge in [0.25, 0.3) is 0 Å². The van der Waals surface area contributed by atoms with Crippen molar-refractivity contribution >= 4 is 32.9 Å². The molecule has 0 aromatic heterocycles. The molecular weight excluding hydrogens is 346 g/mol. The molecule has 1 heterocycles. The lowest BCUT2D eigenvalue weighted by molar-refractivity contribution is 0.289. The van der Waals surface area contributed by atoms with Crippen molar-refractivity contribution in [2.75, 3.05) is 51.1 Å². The molecule has 6 nitrogen and oxygen atoms in total. The summed E-state index contributed by atoms with van der Waals surface area (Å²) in [5.41, 5.74) is 0.829. The number of hydrogen-bond acceptors (Lipinski definition) is 5. The minimum atomic E-state index is -2.96. The topological polar surface area (TPSA) is 61.9 Å². The third-order valence-corrected chi connectivity index (χ3v) is 6.11. The van der Waals surface area contributed by atoms with Crippen LogP contribution in [0.5, 0.6) is 5.75 Å². The molecule has 8 heteroatoms. The van der Waals surface area contributed by atoms with E-state index in [1.54, 1.807) is 7.11 Å². The Bertz CT molecular complexity index is 677. The molecule has 1 saturated heterocycles. The zero-order valence-electron chi connectivity index (χ0n) is 14.4. The Hall–Kier alpha value is -1.38. The van der Waals surface area contributed by atoms with E-state index in [2.05, 4.69) is 10.2 Å². The normalized spacial score (nSPS) is 19.2. The summed E-state index contributed by atoms with van der Waals surface area (Å²) in [6.45, 7) is 1.49. The van der Waals surface area contributed by atoms with Crippen molar-refractivity contribution in [1.29, 1.82) is 0 Å². The first kappa shape index (κ1) is 19.0. The number of likely N-dealkylation sites (N-methyl/N-ethyl adjacent to an activating group) is 1. The third kappa shape index (κ3) is 5.32. The number of anilines is 1. The molecule has 0 spiro atoms. The number of rotatable bonds is 6. The van der Waals surface area contributed by atoms with Gasteiger partial charge in [0.1, 0.15) is 5.75 Å². The molecule has 1 aliphatic rings. The summed E-state index contributed by atoms with van der Waals surface area (Å²) in [7, 11) is 2.63. The second kappa shape index (κ2) is 8.13. The molecule has 24 heavy (non-hydrogen) atoms. The highest BCUT2D eigenvalue weighted by molar-refractivity contribution is 7.91. The molecule has 0 unspecified atom stereocenters. The Morgan fingerprint density at radius 1 is 1.38 bits per heavy atom. The molecule has 0 aliphatic carbocycles. The van der Waals surface area contributed by atoms with Crippen LogP contribution in [0.3, 0.4) is 0 Å². The molecule has 0 amide bonds. The molecule has 1 aromatic rings. The zero-order chi connectivity index (χ0) is 17.7. The van der Waals surface area contributed by atoms with Crippen molar-refractivity contribution in [3.8, 4) is 5.75 Å². The maximum Gasteiger partial charge on any atom is 0.173 e. The van der Waals surface area contributed by atoms with Gasteiger partial charge in [0.2, 0.25) is 0 Å². The van der Waals surface area contributed by atoms with E-state index in [4.69, 9.17) is 17.0 Å². The van der Waals surface area contributed by atoms with E-state index in [0.717, 1.165) is 18.0 Å². The minimum absolute atomic E-state index is 0.0689. The van der Waals surface area contributed by atoms with Crippen LogP contribution in [0.4, 0.5) is 5.69 Å². The number of sulfone groups is 1. The Labute approximate surface area is 149 Å². The molecular formula is C16H25N3O3S2. The predicted octanol–water partition coefficient (Wildman–Crippen LogP) is 1.44. The van der Waals surface area contributed by atoms with Gasteiger partial charge in [-0.2, -0.15) is 0 Å². The molecule has 0 saturated carbocycles. The summed E-state index contributed by atoms with van der Waals surface area (Å²) < 4.78 is 28.9. The van der Waals surface area contributed by atoms with Crippen molar-refractivity contribution < 1.29 is 13.2 Å². The second-order valence-corrected chi connectivity index (χ2v) is 8.83. The fourth-order valence-corrected chi connectivity index (χ4v) is 4.76. The number of ether oxygens (including phenoxy) is 1. The van der Waals surface area contributed by atoms with E-state index < -0.39 is 9.84 Å². The highest BCUT2D eigenvalue weighted by Gasteiger charge is 2.33. The van der Waals surface area contributed by atoms with Gasteiger partial charge in [-0.1, -0.05) is 6.07 Å². The van der Waals surface area contributed by atoms with Crippen molar-refractivity contribution in [3.05, 3.63) is 24.3 Å². The number of hydrogen-bond donors (Lipinski definition) is 1. The van der Waals surface area contributed by atoms with E-state index in [0.29, 0.717) is 18.1 Å². The fourth-order valence-electron chi connectivity index (χ4n) is 2.67. The maximum absolute atomic E-state index is 11.8. The van der Waals surface area contributed by atoms with Gasteiger partial charge in [0.15, 0.2) is 14.9 Å². The number of benzene rings is 1. The standard InChI is InChI=1S/C16H25N3O3S2/c1-18(2)8-9-19(14-7-10-24(20,21)12-14)16(23)17-13-5-4-6-15(11-13)22-3/h4-6,11,14H,7-10,12H2,1-3H3,(H,17,23)/t14-/m1/s1. The van der Waals surface area contributed by atoms with Crippen molar-refractivity contribution in [1.82, 2.24) is 9.80 Å². The average Bonchev–Trinajstić information content (AvgIpc) is 2.87. The van der Waals surface area contributed by atoms with Gasteiger partial charge in [-0.15, -0.1) is 0 Å². The van der Waals surface area contributed by atoms with Crippen LogP contribution >= 0.6 is 12.2 Å². The lowest BCUT2D eigenvalue weighted by atomic mass is 10.2. The summed E-state index contributed by atoms with van der Waals surface area (Å²) in [6.07, 6.45) is 0.621. The van der Waals surface area contributed by atoms with Gasteiger partial charge < -0.3 is 19.9 Å². The van der Waals surface area contributed by atoms with Crippen LogP contribution in [-0.4, -0.2) is 75.2 Å². The molecule has 1 N–H and O–H groups in total. The maximum atomic E-state index is 11.8. The van der Waals surface area contributed by atoms with Crippen LogP contribution < -0.4 is 10.1 Å². The Balaban J connectivity index is 2.11. The summed E-state index contributed by atoms with van der Waals surface area (Å²) in [4.78, 5) is 4.06. The van der Waals surface area contributed by atoms with Crippen molar-refractivity contribution in [3.63, 3.8) is 0 Å². The van der Waals surface area contributed by atoms with E-state index in [1.165, 1.54) is 0 Å². The van der Waals surface area contributed by atoms with Crippen LogP contribution in [0.1, 0.15) is 6.42 Å². The molecule has 1 aromatic carbocycles. The smallest absolute Gasteiger partial charge is 0.173 e. The summed E-state index contributed by atoms with van der Waals surface area (Å²) in [6, 6.07) is 7.45. The number of thiocarbonyl (C=S) groups is 1. The number of nitrogens with one attached hydrogen (secondary N) is 1. The minimum Gasteiger partial charge on any atom is -0.497 e. The van der Waals surface area contributed by atoms with Gasteiger partial charge in [0, 0.05) is 30.9 Å². The van der Waals surface area contributed by atoms with Gasteiger partial charge in [0.05, 0.1) is 18.6 Å². The van der Waals surface area contributed by atoms with Gasteiger partial charge in [-0.05, 0) is 44.9 Å². The molecule has 134 valence electrons. The summed E-state index contributed by atoms with van der Waals surface area (Å²) in [5, 5.41) is 3.76. The SMILES string of the molecule is COc1cccc(NC(=S)N(CCN(C)C)[C@@H]2CCS(=O)(=O)C2)c1. The lowest BCUT2D eigenvalue weighted by Crippen LogP contribution is -2.46. The molecule has 1 atom stereocenters. The van der Waals surface area contributed by atoms with E-state index in [1.807, 2.05) is 43.3 Å². The van der Waals surface area contributed by atoms with Crippen molar-refractivity contribution in [2.45, 2.75) is 12.5 Å². The highest BCUT2D eigenvalue weighted by atomic mass is 32.2. The second-order valence-electron chi connectivity index (χ2n) is 6.22. The van der Waals surface area contributed by atoms with E-state index in [9.17, 15) is 8.42 Å². The Kier molecular flexibility index (Phi) is 6.42. The van der Waals surface area contributed by atoms with Crippen LogP contribution in [0.2, 0.25) is 0 Å². The average molecular weight is 372 g/mol. The molecule has 1 aliphatic heterocycles. The summed E-state index contributed by atoms with van der Waals surface area (Å²) in [5.74, 6) is 1.14. The monoisotopic (exact) mass is 371 g/mol. The Morgan fingerprint density at radius 2 is 2.12 bits per heavy atom.